The maximum atomic E-state index is 5.26. The molecule has 1 rings (SSSR count). The Morgan fingerprint density at radius 2 is 2.09 bits per heavy atom. The number of nitrogens with one attached hydrogen (secondary N) is 2. The number of aromatic nitrogens is 1. The van der Waals surface area contributed by atoms with Crippen LogP contribution in [0.3, 0.4) is 0 Å². The lowest BCUT2D eigenvalue weighted by Crippen LogP contribution is -2.42. The van der Waals surface area contributed by atoms with Crippen LogP contribution in [-0.4, -0.2) is 30.6 Å². The number of methoxy groups -OCH3 is 1. The largest absolute Gasteiger partial charge is 0.481 e. The predicted octanol–water partition coefficient (Wildman–Crippen LogP) is 2.97. The first-order valence-corrected chi connectivity index (χ1v) is 8.09. The summed E-state index contributed by atoms with van der Waals surface area (Å²) < 4.78 is 5.26. The number of hydrogen-bond donors (Lipinski definition) is 2. The van der Waals surface area contributed by atoms with E-state index in [1.54, 1.807) is 13.3 Å². The van der Waals surface area contributed by atoms with Crippen LogP contribution in [0.25, 0.3) is 0 Å². The molecule has 124 valence electrons. The molecular formula is C17H30N4O. The van der Waals surface area contributed by atoms with Gasteiger partial charge in [0.15, 0.2) is 5.96 Å². The Kier molecular flexibility index (Phi) is 8.33. The van der Waals surface area contributed by atoms with Gasteiger partial charge in [-0.05, 0) is 38.7 Å². The zero-order valence-corrected chi connectivity index (χ0v) is 14.5. The van der Waals surface area contributed by atoms with Gasteiger partial charge < -0.3 is 15.4 Å². The third-order valence-electron chi connectivity index (χ3n) is 3.36. The van der Waals surface area contributed by atoms with E-state index in [9.17, 15) is 0 Å². The van der Waals surface area contributed by atoms with Gasteiger partial charge in [0.1, 0.15) is 0 Å². The fraction of sp³-hybridized carbons (Fsp3) is 0.647. The minimum atomic E-state index is 0.399. The van der Waals surface area contributed by atoms with Crippen molar-refractivity contribution in [2.24, 2.45) is 10.9 Å². The molecule has 0 spiro atoms. The molecule has 22 heavy (non-hydrogen) atoms. The molecule has 0 saturated carbocycles. The lowest BCUT2D eigenvalue weighted by Gasteiger charge is -2.18. The van der Waals surface area contributed by atoms with Crippen LogP contribution in [0.2, 0.25) is 0 Å². The molecule has 0 amide bonds. The second-order valence-electron chi connectivity index (χ2n) is 5.88. The van der Waals surface area contributed by atoms with Crippen molar-refractivity contribution in [3.8, 4) is 5.88 Å². The molecule has 0 fully saturated rings. The van der Waals surface area contributed by atoms with Gasteiger partial charge >= 0.3 is 0 Å². The van der Waals surface area contributed by atoms with Gasteiger partial charge in [0, 0.05) is 24.3 Å². The summed E-state index contributed by atoms with van der Waals surface area (Å²) in [5.41, 5.74) is 0.983. The lowest BCUT2D eigenvalue weighted by atomic mass is 10.0. The molecule has 0 aliphatic carbocycles. The molecule has 0 radical (unpaired) electrons. The number of nitrogens with zero attached hydrogens (tertiary/aromatic N) is 2. The van der Waals surface area contributed by atoms with E-state index in [4.69, 9.17) is 4.74 Å². The van der Waals surface area contributed by atoms with E-state index in [0.717, 1.165) is 30.4 Å². The normalized spacial score (nSPS) is 13.1. The summed E-state index contributed by atoms with van der Waals surface area (Å²) in [4.78, 5) is 8.83. The molecule has 0 aliphatic rings. The highest BCUT2D eigenvalue weighted by Gasteiger charge is 2.07. The van der Waals surface area contributed by atoms with Crippen molar-refractivity contribution in [1.82, 2.24) is 15.6 Å². The summed E-state index contributed by atoms with van der Waals surface area (Å²) in [6.45, 7) is 10.2. The van der Waals surface area contributed by atoms with Crippen LogP contribution in [0.5, 0.6) is 5.88 Å². The van der Waals surface area contributed by atoms with Crippen LogP contribution in [0, 0.1) is 5.92 Å². The molecule has 1 unspecified atom stereocenters. The number of hydrogen-bond acceptors (Lipinski definition) is 3. The summed E-state index contributed by atoms with van der Waals surface area (Å²) in [5.74, 6) is 2.20. The maximum absolute atomic E-state index is 5.26. The molecule has 1 atom stereocenters. The standard InChI is InChI=1S/C17H30N4O/c1-6-18-17(21-14(4)10-9-13(2)3)20-12-15-8-7-11-19-16(15)22-5/h7-8,11,13-14H,6,9-10,12H2,1-5H3,(H2,18,20,21). The highest BCUT2D eigenvalue weighted by atomic mass is 16.5. The Hall–Kier alpha value is -1.78. The molecule has 5 nitrogen and oxygen atoms in total. The monoisotopic (exact) mass is 306 g/mol. The Morgan fingerprint density at radius 1 is 1.32 bits per heavy atom. The highest BCUT2D eigenvalue weighted by Crippen LogP contribution is 2.14. The highest BCUT2D eigenvalue weighted by molar-refractivity contribution is 5.80. The molecule has 0 saturated heterocycles. The molecule has 1 aromatic rings. The second-order valence-corrected chi connectivity index (χ2v) is 5.88. The number of aliphatic imine (C=N–C) groups is 1. The van der Waals surface area contributed by atoms with Gasteiger partial charge in [0.05, 0.1) is 13.7 Å². The van der Waals surface area contributed by atoms with E-state index in [-0.39, 0.29) is 0 Å². The van der Waals surface area contributed by atoms with Crippen LogP contribution in [0.15, 0.2) is 23.3 Å². The van der Waals surface area contributed by atoms with Crippen molar-refractivity contribution in [3.05, 3.63) is 23.9 Å². The van der Waals surface area contributed by atoms with Crippen LogP contribution in [-0.2, 0) is 6.54 Å². The smallest absolute Gasteiger partial charge is 0.218 e. The van der Waals surface area contributed by atoms with E-state index in [1.165, 1.54) is 6.42 Å². The number of guanidine groups is 1. The first-order valence-electron chi connectivity index (χ1n) is 8.09. The average molecular weight is 306 g/mol. The van der Waals surface area contributed by atoms with Gasteiger partial charge in [-0.15, -0.1) is 0 Å². The summed E-state index contributed by atoms with van der Waals surface area (Å²) in [6, 6.07) is 4.29. The van der Waals surface area contributed by atoms with Crippen LogP contribution < -0.4 is 15.4 Å². The van der Waals surface area contributed by atoms with E-state index in [2.05, 4.69) is 48.3 Å². The summed E-state index contributed by atoms with van der Waals surface area (Å²) in [6.07, 6.45) is 4.08. The molecular weight excluding hydrogens is 276 g/mol. The maximum Gasteiger partial charge on any atom is 0.218 e. The Morgan fingerprint density at radius 3 is 2.73 bits per heavy atom. The van der Waals surface area contributed by atoms with Gasteiger partial charge in [-0.1, -0.05) is 19.9 Å². The first-order chi connectivity index (χ1) is 10.6. The lowest BCUT2D eigenvalue weighted by molar-refractivity contribution is 0.392. The molecule has 0 bridgehead atoms. The molecule has 0 aromatic carbocycles. The molecule has 5 heteroatoms. The molecule has 1 heterocycles. The van der Waals surface area contributed by atoms with Crippen molar-refractivity contribution in [3.63, 3.8) is 0 Å². The number of ether oxygens (including phenoxy) is 1. The van der Waals surface area contributed by atoms with E-state index >= 15 is 0 Å². The fourth-order valence-corrected chi connectivity index (χ4v) is 2.10. The van der Waals surface area contributed by atoms with Crippen molar-refractivity contribution in [1.29, 1.82) is 0 Å². The first kappa shape index (κ1) is 18.3. The zero-order chi connectivity index (χ0) is 16.4. The van der Waals surface area contributed by atoms with Crippen molar-refractivity contribution in [2.75, 3.05) is 13.7 Å². The third kappa shape index (κ3) is 6.78. The van der Waals surface area contributed by atoms with Crippen LogP contribution in [0.4, 0.5) is 0 Å². The van der Waals surface area contributed by atoms with Gasteiger partial charge in [-0.2, -0.15) is 0 Å². The number of rotatable bonds is 8. The minimum Gasteiger partial charge on any atom is -0.481 e. The summed E-state index contributed by atoms with van der Waals surface area (Å²) in [7, 11) is 1.63. The topological polar surface area (TPSA) is 58.5 Å². The van der Waals surface area contributed by atoms with Gasteiger partial charge in [0.2, 0.25) is 5.88 Å². The molecule has 2 N–H and O–H groups in total. The Balaban J connectivity index is 2.65. The van der Waals surface area contributed by atoms with E-state index in [1.807, 2.05) is 12.1 Å². The average Bonchev–Trinajstić information content (AvgIpc) is 2.51. The number of pyridine rings is 1. The fourth-order valence-electron chi connectivity index (χ4n) is 2.10. The molecule has 0 aliphatic heterocycles. The summed E-state index contributed by atoms with van der Waals surface area (Å²) >= 11 is 0. The van der Waals surface area contributed by atoms with Gasteiger partial charge in [-0.25, -0.2) is 9.98 Å². The van der Waals surface area contributed by atoms with E-state index in [0.29, 0.717) is 18.5 Å². The van der Waals surface area contributed by atoms with Gasteiger partial charge in [-0.3, -0.25) is 0 Å². The van der Waals surface area contributed by atoms with Crippen molar-refractivity contribution >= 4 is 5.96 Å². The zero-order valence-electron chi connectivity index (χ0n) is 14.5. The third-order valence-corrected chi connectivity index (χ3v) is 3.36. The predicted molar refractivity (Wildman–Crippen MR) is 92.3 cm³/mol. The van der Waals surface area contributed by atoms with E-state index < -0.39 is 0 Å². The van der Waals surface area contributed by atoms with Crippen molar-refractivity contribution in [2.45, 2.75) is 53.1 Å². The van der Waals surface area contributed by atoms with Gasteiger partial charge in [0.25, 0.3) is 0 Å². The Bertz CT molecular complexity index is 460. The van der Waals surface area contributed by atoms with Crippen LogP contribution in [0.1, 0.15) is 46.1 Å². The SMILES string of the molecule is CCNC(=NCc1cccnc1OC)NC(C)CCC(C)C. The molecule has 1 aromatic heterocycles. The minimum absolute atomic E-state index is 0.399. The quantitative estimate of drug-likeness (QED) is 0.572. The summed E-state index contributed by atoms with van der Waals surface area (Å²) in [5, 5.41) is 6.75. The van der Waals surface area contributed by atoms with Crippen molar-refractivity contribution < 1.29 is 4.74 Å². The second kappa shape index (κ2) is 10.0. The van der Waals surface area contributed by atoms with Crippen LogP contribution >= 0.6 is 0 Å². The Labute approximate surface area is 134 Å².